The van der Waals surface area contributed by atoms with E-state index >= 15 is 0 Å². The summed E-state index contributed by atoms with van der Waals surface area (Å²) in [5.74, 6) is 2.00. The number of piperidine rings is 1. The minimum Gasteiger partial charge on any atom is -0.489 e. The van der Waals surface area contributed by atoms with Crippen LogP contribution in [0.25, 0.3) is 11.0 Å². The Morgan fingerprint density at radius 2 is 1.81 bits per heavy atom. The molecular weight excluding hydrogens is 547 g/mol. The molecule has 0 bridgehead atoms. The van der Waals surface area contributed by atoms with Crippen molar-refractivity contribution < 1.29 is 9.30 Å². The van der Waals surface area contributed by atoms with Gasteiger partial charge in [0.05, 0.1) is 22.8 Å². The summed E-state index contributed by atoms with van der Waals surface area (Å²) in [7, 11) is -0.276. The van der Waals surface area contributed by atoms with Crippen molar-refractivity contribution in [1.29, 1.82) is 0 Å². The lowest BCUT2D eigenvalue weighted by Crippen LogP contribution is -2.57. The average molecular weight is 587 g/mol. The number of aromatic amines is 1. The molecule has 11 heteroatoms. The topological polar surface area (TPSA) is 102 Å². The van der Waals surface area contributed by atoms with E-state index in [4.69, 9.17) is 14.7 Å². The van der Waals surface area contributed by atoms with Gasteiger partial charge in [-0.15, -0.1) is 0 Å². The molecule has 2 fully saturated rings. The molecule has 5 heterocycles. The molecule has 3 aliphatic rings. The monoisotopic (exact) mass is 586 g/mol. The molecule has 4 aromatic rings. The van der Waals surface area contributed by atoms with Crippen molar-refractivity contribution in [3.05, 3.63) is 54.7 Å². The first-order valence-corrected chi connectivity index (χ1v) is 17.4. The molecule has 10 nitrogen and oxygen atoms in total. The summed E-state index contributed by atoms with van der Waals surface area (Å²) in [5, 5.41) is 8.46. The lowest BCUT2D eigenvalue weighted by molar-refractivity contribution is 0.0822. The van der Waals surface area contributed by atoms with E-state index in [0.29, 0.717) is 36.1 Å². The van der Waals surface area contributed by atoms with Gasteiger partial charge < -0.3 is 34.7 Å². The van der Waals surface area contributed by atoms with Crippen LogP contribution in [0.2, 0.25) is 0 Å². The predicted molar refractivity (Wildman–Crippen MR) is 171 cm³/mol. The van der Waals surface area contributed by atoms with Gasteiger partial charge in [0.1, 0.15) is 31.0 Å². The molecule has 2 aromatic heterocycles. The van der Waals surface area contributed by atoms with Gasteiger partial charge in [-0.05, 0) is 63.6 Å². The Morgan fingerprint density at radius 1 is 0.976 bits per heavy atom. The third kappa shape index (κ3) is 5.35. The van der Waals surface area contributed by atoms with Crippen LogP contribution < -0.4 is 25.6 Å². The van der Waals surface area contributed by atoms with Gasteiger partial charge in [0, 0.05) is 62.0 Å². The zero-order valence-electron chi connectivity index (χ0n) is 24.5. The van der Waals surface area contributed by atoms with Gasteiger partial charge in [-0.3, -0.25) is 4.90 Å². The molecule has 0 unspecified atom stereocenters. The molecule has 2 saturated heterocycles. The number of fused-ring (bicyclic) bond motifs is 4. The number of nitrogens with zero attached hydrogens (tertiary/aromatic N) is 5. The third-order valence-corrected chi connectivity index (χ3v) is 10.4. The molecule has 3 aliphatic heterocycles. The first-order chi connectivity index (χ1) is 20.3. The summed E-state index contributed by atoms with van der Waals surface area (Å²) in [6.07, 6.45) is 4.19. The van der Waals surface area contributed by atoms with Crippen LogP contribution in [-0.2, 0) is 4.57 Å². The minimum absolute atomic E-state index is 0.409. The van der Waals surface area contributed by atoms with Crippen LogP contribution in [0.4, 0.5) is 28.8 Å². The van der Waals surface area contributed by atoms with Gasteiger partial charge in [-0.2, -0.15) is 9.97 Å². The first kappa shape index (κ1) is 27.3. The summed E-state index contributed by atoms with van der Waals surface area (Å²) < 4.78 is 19.3. The molecule has 2 atom stereocenters. The van der Waals surface area contributed by atoms with Crippen molar-refractivity contribution in [2.75, 3.05) is 75.2 Å². The Balaban J connectivity index is 1.09. The fourth-order valence-corrected chi connectivity index (χ4v) is 7.71. The Labute approximate surface area is 246 Å². The highest BCUT2D eigenvalue weighted by Crippen LogP contribution is 2.41. The molecule has 0 amide bonds. The SMILES string of the molecule is CN1CCN([C@H]2CCN3c4ccc(Nc5nc(Nc6ccccc6P(C)(C)=O)c6cc[nH]c6n5)cc4OC[C@H]3C2)CC1. The summed E-state index contributed by atoms with van der Waals surface area (Å²) >= 11 is 0. The summed E-state index contributed by atoms with van der Waals surface area (Å²) in [5.41, 5.74) is 3.52. The fraction of sp³-hybridized carbons (Fsp3) is 0.419. The van der Waals surface area contributed by atoms with Crippen LogP contribution in [0.5, 0.6) is 5.75 Å². The zero-order valence-corrected chi connectivity index (χ0v) is 25.4. The molecule has 42 heavy (non-hydrogen) atoms. The number of piperazine rings is 1. The maximum atomic E-state index is 12.9. The van der Waals surface area contributed by atoms with E-state index in [1.165, 1.54) is 19.5 Å². The molecule has 0 saturated carbocycles. The fourth-order valence-electron chi connectivity index (χ4n) is 6.55. The Hall–Kier alpha value is -3.59. The second kappa shape index (κ2) is 10.9. The van der Waals surface area contributed by atoms with E-state index in [1.807, 2.05) is 42.6 Å². The quantitative estimate of drug-likeness (QED) is 0.278. The number of anilines is 5. The van der Waals surface area contributed by atoms with Crippen LogP contribution in [0.1, 0.15) is 12.8 Å². The van der Waals surface area contributed by atoms with Crippen molar-refractivity contribution in [2.24, 2.45) is 0 Å². The highest BCUT2D eigenvalue weighted by molar-refractivity contribution is 7.70. The number of rotatable bonds is 6. The van der Waals surface area contributed by atoms with Crippen LogP contribution in [0.15, 0.2) is 54.7 Å². The van der Waals surface area contributed by atoms with E-state index in [2.05, 4.69) is 49.5 Å². The number of para-hydroxylation sites is 1. The van der Waals surface area contributed by atoms with E-state index in [-0.39, 0.29) is 0 Å². The van der Waals surface area contributed by atoms with Crippen molar-refractivity contribution in [1.82, 2.24) is 24.8 Å². The van der Waals surface area contributed by atoms with Gasteiger partial charge in [0.15, 0.2) is 0 Å². The summed E-state index contributed by atoms with van der Waals surface area (Å²) in [6.45, 7) is 9.96. The lowest BCUT2D eigenvalue weighted by Gasteiger charge is -2.48. The highest BCUT2D eigenvalue weighted by Gasteiger charge is 2.36. The van der Waals surface area contributed by atoms with Crippen LogP contribution in [-0.4, -0.2) is 96.5 Å². The Kier molecular flexibility index (Phi) is 7.08. The van der Waals surface area contributed by atoms with Gasteiger partial charge in [0.2, 0.25) is 5.95 Å². The second-order valence-electron chi connectivity index (χ2n) is 12.1. The number of nitrogens with one attached hydrogen (secondary N) is 3. The molecule has 0 radical (unpaired) electrons. The van der Waals surface area contributed by atoms with E-state index in [1.54, 1.807) is 13.3 Å². The number of hydrogen-bond acceptors (Lipinski definition) is 9. The Bertz CT molecular complexity index is 1640. The number of likely N-dealkylation sites (N-methyl/N-ethyl adjacent to an activating group) is 1. The van der Waals surface area contributed by atoms with E-state index in [0.717, 1.165) is 59.6 Å². The van der Waals surface area contributed by atoms with Crippen molar-refractivity contribution in [2.45, 2.75) is 24.9 Å². The molecule has 0 spiro atoms. The van der Waals surface area contributed by atoms with Crippen LogP contribution in [0.3, 0.4) is 0 Å². The molecule has 220 valence electrons. The normalized spacial score (nSPS) is 21.5. The molecule has 0 aliphatic carbocycles. The molecule has 2 aromatic carbocycles. The number of ether oxygens (including phenoxy) is 1. The summed E-state index contributed by atoms with van der Waals surface area (Å²) in [4.78, 5) is 20.4. The van der Waals surface area contributed by atoms with Crippen molar-refractivity contribution >= 4 is 52.3 Å². The highest BCUT2D eigenvalue weighted by atomic mass is 31.2. The maximum absolute atomic E-state index is 12.9. The maximum Gasteiger partial charge on any atom is 0.231 e. The minimum atomic E-state index is -2.49. The van der Waals surface area contributed by atoms with E-state index in [9.17, 15) is 4.57 Å². The number of H-pyrrole nitrogens is 1. The summed E-state index contributed by atoms with van der Waals surface area (Å²) in [6, 6.07) is 17.0. The van der Waals surface area contributed by atoms with Crippen molar-refractivity contribution in [3.8, 4) is 5.75 Å². The standard InChI is InChI=1S/C31H39N8O2P/c1-37-14-16-38(17-15-37)22-11-13-39-23(19-22)20-41-27-18-21(8-9-26(27)39)33-31-35-29-24(10-12-32-29)30(36-31)34-25-6-4-5-7-28(25)42(2,3)40/h4-10,12,18,22-23H,11,13-17,19-20H2,1-3H3,(H3,32,33,34,35,36)/t22-,23+/m0/s1. The molecular formula is C31H39N8O2P. The number of benzene rings is 2. The van der Waals surface area contributed by atoms with Gasteiger partial charge in [-0.1, -0.05) is 12.1 Å². The number of aromatic nitrogens is 3. The largest absolute Gasteiger partial charge is 0.489 e. The lowest BCUT2D eigenvalue weighted by atomic mass is 9.93. The van der Waals surface area contributed by atoms with Gasteiger partial charge in [0.25, 0.3) is 0 Å². The smallest absolute Gasteiger partial charge is 0.231 e. The third-order valence-electron chi connectivity index (χ3n) is 8.85. The van der Waals surface area contributed by atoms with Crippen molar-refractivity contribution in [3.63, 3.8) is 0 Å². The molecule has 7 rings (SSSR count). The first-order valence-electron chi connectivity index (χ1n) is 14.8. The number of hydrogen-bond donors (Lipinski definition) is 3. The van der Waals surface area contributed by atoms with Crippen LogP contribution in [0, 0.1) is 0 Å². The van der Waals surface area contributed by atoms with Gasteiger partial charge >= 0.3 is 0 Å². The Morgan fingerprint density at radius 3 is 2.64 bits per heavy atom. The average Bonchev–Trinajstić information content (AvgIpc) is 3.46. The molecule has 3 N–H and O–H groups in total. The predicted octanol–water partition coefficient (Wildman–Crippen LogP) is 4.67. The van der Waals surface area contributed by atoms with Gasteiger partial charge in [-0.25, -0.2) is 0 Å². The van der Waals surface area contributed by atoms with Crippen LogP contribution >= 0.6 is 7.14 Å². The van der Waals surface area contributed by atoms with E-state index < -0.39 is 7.14 Å². The zero-order chi connectivity index (χ0) is 28.8. The second-order valence-corrected chi connectivity index (χ2v) is 15.3.